The minimum absolute atomic E-state index is 0.227. The molecule has 1 saturated carbocycles. The molecule has 0 aromatic heterocycles. The molecule has 0 N–H and O–H groups in total. The zero-order valence-corrected chi connectivity index (χ0v) is 18.5. The average molecular weight is 407 g/mol. The highest BCUT2D eigenvalue weighted by Crippen LogP contribution is 2.45. The molecular formula is C27H35FN2. The average Bonchev–Trinajstić information content (AvgIpc) is 2.79. The zero-order valence-electron chi connectivity index (χ0n) is 18.5. The van der Waals surface area contributed by atoms with Gasteiger partial charge in [0.2, 0.25) is 0 Å². The Kier molecular flexibility index (Phi) is 8.05. The fourth-order valence-corrected chi connectivity index (χ4v) is 5.32. The standard InChI is InChI=1S/C27H35FN2/c1-3-24(30(2)20-22-12-6-4-7-13-22)18-19-27(21-29,23-14-8-5-9-15-23)25-16-10-11-17-26(25)28/h4,6-7,10-13,16-17,23-24H,3,5,8-9,14-15,18-20H2,1-2H3. The summed E-state index contributed by atoms with van der Waals surface area (Å²) < 4.78 is 14.9. The second-order valence-corrected chi connectivity index (χ2v) is 8.90. The smallest absolute Gasteiger partial charge is 0.128 e. The maximum absolute atomic E-state index is 14.9. The van der Waals surface area contributed by atoms with Crippen molar-refractivity contribution in [2.24, 2.45) is 5.92 Å². The summed E-state index contributed by atoms with van der Waals surface area (Å²) in [5.74, 6) is 0.0143. The van der Waals surface area contributed by atoms with Crippen LogP contribution in [0, 0.1) is 23.1 Å². The van der Waals surface area contributed by atoms with E-state index in [1.807, 2.05) is 18.2 Å². The van der Waals surface area contributed by atoms with Gasteiger partial charge in [-0.2, -0.15) is 5.26 Å². The van der Waals surface area contributed by atoms with Crippen LogP contribution in [0.25, 0.3) is 0 Å². The van der Waals surface area contributed by atoms with E-state index < -0.39 is 5.41 Å². The van der Waals surface area contributed by atoms with Crippen molar-refractivity contribution in [3.05, 3.63) is 71.5 Å². The minimum atomic E-state index is -0.729. The molecule has 30 heavy (non-hydrogen) atoms. The van der Waals surface area contributed by atoms with E-state index in [-0.39, 0.29) is 11.7 Å². The molecule has 0 amide bonds. The van der Waals surface area contributed by atoms with Crippen molar-refractivity contribution >= 4 is 0 Å². The quantitative estimate of drug-likeness (QED) is 0.455. The van der Waals surface area contributed by atoms with Gasteiger partial charge in [-0.3, -0.25) is 4.90 Å². The summed E-state index contributed by atoms with van der Waals surface area (Å²) in [6, 6.07) is 20.5. The molecule has 0 heterocycles. The van der Waals surface area contributed by atoms with Gasteiger partial charge < -0.3 is 0 Å². The third-order valence-electron chi connectivity index (χ3n) is 7.10. The monoisotopic (exact) mass is 406 g/mol. The molecule has 1 aliphatic carbocycles. The lowest BCUT2D eigenvalue weighted by Crippen LogP contribution is -2.39. The van der Waals surface area contributed by atoms with Gasteiger partial charge >= 0.3 is 0 Å². The second kappa shape index (κ2) is 10.7. The normalized spacial score (nSPS) is 18.0. The van der Waals surface area contributed by atoms with Gasteiger partial charge in [-0.1, -0.05) is 74.7 Å². The first-order chi connectivity index (χ1) is 14.6. The number of nitrogens with zero attached hydrogens (tertiary/aromatic N) is 2. The highest BCUT2D eigenvalue weighted by Gasteiger charge is 2.43. The van der Waals surface area contributed by atoms with Gasteiger partial charge in [-0.05, 0) is 56.7 Å². The first-order valence-corrected chi connectivity index (χ1v) is 11.5. The Labute approximate surface area is 181 Å². The van der Waals surface area contributed by atoms with E-state index in [0.29, 0.717) is 18.0 Å². The Morgan fingerprint density at radius 1 is 1.07 bits per heavy atom. The topological polar surface area (TPSA) is 27.0 Å². The Balaban J connectivity index is 1.81. The van der Waals surface area contributed by atoms with E-state index in [2.05, 4.69) is 49.2 Å². The number of rotatable bonds is 9. The Bertz CT molecular complexity index is 822. The molecule has 0 aliphatic heterocycles. The first kappa shape index (κ1) is 22.5. The lowest BCUT2D eigenvalue weighted by atomic mass is 9.63. The second-order valence-electron chi connectivity index (χ2n) is 8.90. The molecule has 0 radical (unpaired) electrons. The molecule has 2 atom stereocenters. The first-order valence-electron chi connectivity index (χ1n) is 11.5. The van der Waals surface area contributed by atoms with Crippen molar-refractivity contribution in [1.29, 1.82) is 5.26 Å². The van der Waals surface area contributed by atoms with Crippen LogP contribution in [0.15, 0.2) is 54.6 Å². The van der Waals surface area contributed by atoms with Crippen molar-refractivity contribution in [3.63, 3.8) is 0 Å². The summed E-state index contributed by atoms with van der Waals surface area (Å²) in [5, 5.41) is 10.4. The van der Waals surface area contributed by atoms with Crippen LogP contribution in [-0.4, -0.2) is 18.0 Å². The zero-order chi connectivity index (χ0) is 21.4. The molecule has 2 unspecified atom stereocenters. The molecule has 0 saturated heterocycles. The number of halogens is 1. The Morgan fingerprint density at radius 3 is 2.37 bits per heavy atom. The summed E-state index contributed by atoms with van der Waals surface area (Å²) in [5.41, 5.74) is 1.18. The van der Waals surface area contributed by atoms with Gasteiger partial charge in [0, 0.05) is 18.2 Å². The van der Waals surface area contributed by atoms with Crippen LogP contribution >= 0.6 is 0 Å². The van der Waals surface area contributed by atoms with E-state index in [1.54, 1.807) is 6.07 Å². The molecule has 160 valence electrons. The summed E-state index contributed by atoms with van der Waals surface area (Å²) in [6.45, 7) is 3.10. The van der Waals surface area contributed by atoms with Gasteiger partial charge in [0.05, 0.1) is 11.5 Å². The van der Waals surface area contributed by atoms with Crippen LogP contribution in [0.1, 0.15) is 69.4 Å². The number of nitriles is 1. The Hall–Kier alpha value is -2.18. The van der Waals surface area contributed by atoms with Gasteiger partial charge in [0.1, 0.15) is 5.82 Å². The van der Waals surface area contributed by atoms with E-state index in [9.17, 15) is 9.65 Å². The summed E-state index contributed by atoms with van der Waals surface area (Å²) >= 11 is 0. The third-order valence-corrected chi connectivity index (χ3v) is 7.10. The maximum Gasteiger partial charge on any atom is 0.128 e. The number of hydrogen-bond donors (Lipinski definition) is 0. The number of benzene rings is 2. The van der Waals surface area contributed by atoms with Crippen LogP contribution < -0.4 is 0 Å². The van der Waals surface area contributed by atoms with E-state index >= 15 is 0 Å². The fourth-order valence-electron chi connectivity index (χ4n) is 5.32. The highest BCUT2D eigenvalue weighted by molar-refractivity contribution is 5.35. The van der Waals surface area contributed by atoms with Crippen LogP contribution in [0.5, 0.6) is 0 Å². The molecule has 1 aliphatic rings. The highest BCUT2D eigenvalue weighted by atomic mass is 19.1. The molecule has 0 spiro atoms. The SMILES string of the molecule is CCC(CCC(C#N)(c1ccccc1F)C1CCCCC1)N(C)Cc1ccccc1. The molecule has 1 fully saturated rings. The van der Waals surface area contributed by atoms with Crippen LogP contribution in [0.2, 0.25) is 0 Å². The number of hydrogen-bond acceptors (Lipinski definition) is 2. The summed E-state index contributed by atoms with van der Waals surface area (Å²) in [4.78, 5) is 2.39. The van der Waals surface area contributed by atoms with Crippen molar-refractivity contribution < 1.29 is 4.39 Å². The molecule has 3 heteroatoms. The van der Waals surface area contributed by atoms with E-state index in [4.69, 9.17) is 0 Å². The molecule has 2 aromatic rings. The van der Waals surface area contributed by atoms with Crippen LogP contribution in [0.3, 0.4) is 0 Å². The predicted octanol–water partition coefficient (Wildman–Crippen LogP) is 6.86. The van der Waals surface area contributed by atoms with E-state index in [0.717, 1.165) is 45.1 Å². The largest absolute Gasteiger partial charge is 0.299 e. The van der Waals surface area contributed by atoms with Gasteiger partial charge in [-0.15, -0.1) is 0 Å². The van der Waals surface area contributed by atoms with Crippen LogP contribution in [-0.2, 0) is 12.0 Å². The van der Waals surface area contributed by atoms with Crippen molar-refractivity contribution in [1.82, 2.24) is 4.90 Å². The molecule has 2 aromatic carbocycles. The van der Waals surface area contributed by atoms with Crippen molar-refractivity contribution in [3.8, 4) is 6.07 Å². The lowest BCUT2D eigenvalue weighted by Gasteiger charge is -2.40. The minimum Gasteiger partial charge on any atom is -0.299 e. The molecule has 3 rings (SSSR count). The summed E-state index contributed by atoms with van der Waals surface area (Å²) in [7, 11) is 2.17. The van der Waals surface area contributed by atoms with Crippen molar-refractivity contribution in [2.75, 3.05) is 7.05 Å². The molecular weight excluding hydrogens is 371 g/mol. The maximum atomic E-state index is 14.9. The van der Waals surface area contributed by atoms with Gasteiger partial charge in [-0.25, -0.2) is 4.39 Å². The van der Waals surface area contributed by atoms with Crippen LogP contribution in [0.4, 0.5) is 4.39 Å². The van der Waals surface area contributed by atoms with E-state index in [1.165, 1.54) is 18.1 Å². The third kappa shape index (κ3) is 5.10. The lowest BCUT2D eigenvalue weighted by molar-refractivity contribution is 0.177. The van der Waals surface area contributed by atoms with Gasteiger partial charge in [0.15, 0.2) is 0 Å². The predicted molar refractivity (Wildman–Crippen MR) is 121 cm³/mol. The Morgan fingerprint density at radius 2 is 1.73 bits per heavy atom. The fraction of sp³-hybridized carbons (Fsp3) is 0.519. The molecule has 2 nitrogen and oxygen atoms in total. The van der Waals surface area contributed by atoms with Gasteiger partial charge in [0.25, 0.3) is 0 Å². The van der Waals surface area contributed by atoms with Crippen molar-refractivity contribution in [2.45, 2.75) is 76.3 Å². The summed E-state index contributed by atoms with van der Waals surface area (Å²) in [6.07, 6.45) is 8.21. The molecule has 0 bridgehead atoms.